The van der Waals surface area contributed by atoms with E-state index in [9.17, 15) is 13.2 Å². The molecule has 1 amide bonds. The van der Waals surface area contributed by atoms with Gasteiger partial charge in [-0.05, 0) is 81.3 Å². The maximum atomic E-state index is 12.9. The van der Waals surface area contributed by atoms with Crippen LogP contribution in [0.25, 0.3) is 0 Å². The Bertz CT molecular complexity index is 1070. The fourth-order valence-corrected chi connectivity index (χ4v) is 6.16. The van der Waals surface area contributed by atoms with Crippen LogP contribution >= 0.6 is 12.4 Å². The number of carbonyl (C=O) groups excluding carboxylic acids is 1. The van der Waals surface area contributed by atoms with Crippen molar-refractivity contribution in [2.24, 2.45) is 5.92 Å². The molecule has 31 heavy (non-hydrogen) atoms. The van der Waals surface area contributed by atoms with Crippen molar-refractivity contribution in [2.45, 2.75) is 63.1 Å². The van der Waals surface area contributed by atoms with Gasteiger partial charge < -0.3 is 10.6 Å². The standard InChI is InChI=1S/C23H29N3O3S.ClH/c1-14-6-4-5-7-19(14)23(27)25-21-11-9-18(12-15(21)2)30(28,29)26-16(3)20-13-17-8-10-22(20)24-17;/h4-7,9,11-12,16-17,20,22,24,26H,8,10,13H2,1-3H3,(H,25,27);1H. The zero-order valence-electron chi connectivity index (χ0n) is 18.0. The van der Waals surface area contributed by atoms with E-state index in [4.69, 9.17) is 0 Å². The fourth-order valence-electron chi connectivity index (χ4n) is 4.78. The van der Waals surface area contributed by atoms with E-state index in [0.717, 1.165) is 18.4 Å². The number of benzene rings is 2. The van der Waals surface area contributed by atoms with E-state index in [1.807, 2.05) is 32.0 Å². The number of carbonyl (C=O) groups is 1. The summed E-state index contributed by atoms with van der Waals surface area (Å²) in [6.07, 6.45) is 3.34. The summed E-state index contributed by atoms with van der Waals surface area (Å²) in [7, 11) is -3.63. The summed E-state index contributed by atoms with van der Waals surface area (Å²) in [6.45, 7) is 5.64. The van der Waals surface area contributed by atoms with Crippen LogP contribution in [0.15, 0.2) is 47.4 Å². The van der Waals surface area contributed by atoms with Crippen LogP contribution in [0.3, 0.4) is 0 Å². The molecule has 2 bridgehead atoms. The highest BCUT2D eigenvalue weighted by Gasteiger charge is 2.42. The number of anilines is 1. The lowest BCUT2D eigenvalue weighted by molar-refractivity contribution is 0.102. The first-order valence-electron chi connectivity index (χ1n) is 10.5. The molecular weight excluding hydrogens is 434 g/mol. The second kappa shape index (κ2) is 9.28. The number of aryl methyl sites for hydroxylation is 2. The van der Waals surface area contributed by atoms with Gasteiger partial charge >= 0.3 is 0 Å². The van der Waals surface area contributed by atoms with Gasteiger partial charge in [-0.3, -0.25) is 4.79 Å². The Morgan fingerprint density at radius 2 is 1.84 bits per heavy atom. The predicted octanol–water partition coefficient (Wildman–Crippen LogP) is 3.78. The molecule has 2 aliphatic heterocycles. The highest BCUT2D eigenvalue weighted by atomic mass is 35.5. The number of halogens is 1. The highest BCUT2D eigenvalue weighted by Crippen LogP contribution is 2.35. The van der Waals surface area contributed by atoms with Gasteiger partial charge in [-0.2, -0.15) is 0 Å². The van der Waals surface area contributed by atoms with E-state index >= 15 is 0 Å². The van der Waals surface area contributed by atoms with E-state index in [-0.39, 0.29) is 29.3 Å². The molecule has 2 aromatic carbocycles. The molecule has 0 aliphatic carbocycles. The minimum absolute atomic E-state index is 0. The molecule has 168 valence electrons. The van der Waals surface area contributed by atoms with Crippen molar-refractivity contribution in [1.29, 1.82) is 0 Å². The predicted molar refractivity (Wildman–Crippen MR) is 125 cm³/mol. The van der Waals surface area contributed by atoms with Crippen molar-refractivity contribution in [3.05, 3.63) is 59.2 Å². The average Bonchev–Trinajstić information content (AvgIpc) is 3.33. The molecule has 0 radical (unpaired) electrons. The third-order valence-corrected chi connectivity index (χ3v) is 8.04. The first-order valence-corrected chi connectivity index (χ1v) is 12.0. The number of hydrogen-bond acceptors (Lipinski definition) is 4. The van der Waals surface area contributed by atoms with Crippen LogP contribution in [-0.2, 0) is 10.0 Å². The molecule has 4 atom stereocenters. The Kier molecular flexibility index (Phi) is 7.11. The van der Waals surface area contributed by atoms with Gasteiger partial charge in [0.2, 0.25) is 10.0 Å². The summed E-state index contributed by atoms with van der Waals surface area (Å²) in [5.41, 5.74) is 2.80. The molecule has 4 rings (SSSR count). The topological polar surface area (TPSA) is 87.3 Å². The Morgan fingerprint density at radius 1 is 1.10 bits per heavy atom. The molecule has 2 fully saturated rings. The molecule has 3 N–H and O–H groups in total. The van der Waals surface area contributed by atoms with Gasteiger partial charge in [0.1, 0.15) is 0 Å². The lowest BCUT2D eigenvalue weighted by Crippen LogP contribution is -2.42. The summed E-state index contributed by atoms with van der Waals surface area (Å²) in [5.74, 6) is 0.120. The first kappa shape index (κ1) is 23.7. The van der Waals surface area contributed by atoms with Crippen LogP contribution in [0.1, 0.15) is 47.7 Å². The van der Waals surface area contributed by atoms with Crippen LogP contribution in [0, 0.1) is 19.8 Å². The monoisotopic (exact) mass is 463 g/mol. The van der Waals surface area contributed by atoms with Crippen molar-refractivity contribution >= 4 is 34.0 Å². The van der Waals surface area contributed by atoms with Crippen LogP contribution in [0.2, 0.25) is 0 Å². The molecule has 2 heterocycles. The Balaban J connectivity index is 0.00000272. The van der Waals surface area contributed by atoms with Gasteiger partial charge in [0.05, 0.1) is 4.90 Å². The SMILES string of the molecule is Cc1cc(S(=O)(=O)NC(C)C2CC3CCC2N3)ccc1NC(=O)c1ccccc1C.Cl. The highest BCUT2D eigenvalue weighted by molar-refractivity contribution is 7.89. The van der Waals surface area contributed by atoms with Crippen molar-refractivity contribution in [2.75, 3.05) is 5.32 Å². The number of amides is 1. The minimum Gasteiger partial charge on any atom is -0.322 e. The van der Waals surface area contributed by atoms with Crippen molar-refractivity contribution in [3.63, 3.8) is 0 Å². The molecule has 0 aromatic heterocycles. The van der Waals surface area contributed by atoms with Gasteiger partial charge in [0, 0.05) is 29.4 Å². The first-order chi connectivity index (χ1) is 14.2. The molecule has 4 unspecified atom stereocenters. The molecule has 6 nitrogen and oxygen atoms in total. The lowest BCUT2D eigenvalue weighted by Gasteiger charge is -2.27. The van der Waals surface area contributed by atoms with Crippen LogP contribution in [0.4, 0.5) is 5.69 Å². The number of fused-ring (bicyclic) bond motifs is 2. The quantitative estimate of drug-likeness (QED) is 0.608. The number of sulfonamides is 1. The Morgan fingerprint density at radius 3 is 2.45 bits per heavy atom. The molecule has 2 saturated heterocycles. The van der Waals surface area contributed by atoms with Gasteiger partial charge in [-0.15, -0.1) is 12.4 Å². The summed E-state index contributed by atoms with van der Waals surface area (Å²) in [6, 6.07) is 13.0. The molecule has 2 aliphatic rings. The molecule has 0 spiro atoms. The third kappa shape index (κ3) is 4.95. The zero-order valence-corrected chi connectivity index (χ0v) is 19.6. The lowest BCUT2D eigenvalue weighted by atomic mass is 9.85. The molecular formula is C23H30ClN3O3S. The van der Waals surface area contributed by atoms with Crippen molar-refractivity contribution in [1.82, 2.24) is 10.0 Å². The second-order valence-electron chi connectivity index (χ2n) is 8.60. The van der Waals surface area contributed by atoms with Gasteiger partial charge in [0.25, 0.3) is 5.91 Å². The third-order valence-electron chi connectivity index (χ3n) is 6.48. The Labute approximate surface area is 190 Å². The van der Waals surface area contributed by atoms with Gasteiger partial charge in [0.15, 0.2) is 0 Å². The maximum Gasteiger partial charge on any atom is 0.255 e. The van der Waals surface area contributed by atoms with E-state index in [1.54, 1.807) is 31.2 Å². The average molecular weight is 464 g/mol. The normalized spacial score (nSPS) is 23.3. The van der Waals surface area contributed by atoms with Crippen molar-refractivity contribution in [3.8, 4) is 0 Å². The smallest absolute Gasteiger partial charge is 0.255 e. The number of nitrogens with one attached hydrogen (secondary N) is 3. The van der Waals surface area contributed by atoms with Gasteiger partial charge in [-0.25, -0.2) is 13.1 Å². The molecule has 8 heteroatoms. The van der Waals surface area contributed by atoms with Gasteiger partial charge in [-0.1, -0.05) is 18.2 Å². The van der Waals surface area contributed by atoms with Crippen LogP contribution < -0.4 is 15.4 Å². The molecule has 2 aromatic rings. The fraction of sp³-hybridized carbons (Fsp3) is 0.435. The summed E-state index contributed by atoms with van der Waals surface area (Å²) in [4.78, 5) is 12.8. The largest absolute Gasteiger partial charge is 0.322 e. The van der Waals surface area contributed by atoms with E-state index in [1.165, 1.54) is 6.42 Å². The number of hydrogen-bond donors (Lipinski definition) is 3. The van der Waals surface area contributed by atoms with E-state index < -0.39 is 10.0 Å². The van der Waals surface area contributed by atoms with Crippen LogP contribution in [-0.4, -0.2) is 32.5 Å². The van der Waals surface area contributed by atoms with E-state index in [2.05, 4.69) is 15.4 Å². The van der Waals surface area contributed by atoms with Crippen molar-refractivity contribution < 1.29 is 13.2 Å². The Hall–Kier alpha value is -1.93. The zero-order chi connectivity index (χ0) is 21.5. The second-order valence-corrected chi connectivity index (χ2v) is 10.3. The molecule has 0 saturated carbocycles. The summed E-state index contributed by atoms with van der Waals surface area (Å²) >= 11 is 0. The van der Waals surface area contributed by atoms with E-state index in [0.29, 0.717) is 34.8 Å². The minimum atomic E-state index is -3.63. The summed E-state index contributed by atoms with van der Waals surface area (Å²) < 4.78 is 28.7. The summed E-state index contributed by atoms with van der Waals surface area (Å²) in [5, 5.41) is 6.45. The van der Waals surface area contributed by atoms with Crippen LogP contribution in [0.5, 0.6) is 0 Å². The number of rotatable bonds is 6. The maximum absolute atomic E-state index is 12.9.